The molecular weight excluding hydrogens is 429 g/mol. The van der Waals surface area contributed by atoms with Crippen molar-refractivity contribution in [3.63, 3.8) is 0 Å². The topological polar surface area (TPSA) is 104 Å². The van der Waals surface area contributed by atoms with Crippen LogP contribution in [0.25, 0.3) is 10.9 Å². The van der Waals surface area contributed by atoms with E-state index in [4.69, 9.17) is 9.94 Å². The van der Waals surface area contributed by atoms with Gasteiger partial charge >= 0.3 is 6.18 Å². The van der Waals surface area contributed by atoms with Gasteiger partial charge in [0, 0.05) is 37.2 Å². The molecule has 0 radical (unpaired) electrons. The minimum Gasteiger partial charge on any atom is -0.457 e. The summed E-state index contributed by atoms with van der Waals surface area (Å²) < 4.78 is 47.0. The van der Waals surface area contributed by atoms with Crippen LogP contribution < -0.4 is 15.5 Å². The molecule has 11 heteroatoms. The van der Waals surface area contributed by atoms with Crippen molar-refractivity contribution in [1.29, 1.82) is 0 Å². The third kappa shape index (κ3) is 4.37. The number of fused-ring (bicyclic) bond motifs is 1. The number of amides is 2. The van der Waals surface area contributed by atoms with Gasteiger partial charge in [0.15, 0.2) is 0 Å². The third-order valence-electron chi connectivity index (χ3n) is 5.16. The van der Waals surface area contributed by atoms with Gasteiger partial charge in [0.25, 0.3) is 5.91 Å². The van der Waals surface area contributed by atoms with Crippen molar-refractivity contribution in [2.45, 2.75) is 19.0 Å². The second-order valence-corrected chi connectivity index (χ2v) is 7.55. The summed E-state index contributed by atoms with van der Waals surface area (Å²) in [5.74, 6) is -0.426. The quantitative estimate of drug-likeness (QED) is 0.480. The van der Waals surface area contributed by atoms with Crippen LogP contribution >= 0.6 is 0 Å². The summed E-state index contributed by atoms with van der Waals surface area (Å²) in [6, 6.07) is 3.93. The molecule has 1 aliphatic heterocycles. The normalized spacial score (nSPS) is 16.3. The maximum absolute atomic E-state index is 13.8. The molecule has 2 aromatic rings. The second kappa shape index (κ2) is 8.15. The Balaban J connectivity index is 1.67. The van der Waals surface area contributed by atoms with Crippen LogP contribution in [0.2, 0.25) is 0 Å². The Labute approximate surface area is 180 Å². The lowest BCUT2D eigenvalue weighted by atomic mass is 10.0. The van der Waals surface area contributed by atoms with Crippen LogP contribution in [-0.4, -0.2) is 40.5 Å². The van der Waals surface area contributed by atoms with Gasteiger partial charge in [-0.2, -0.15) is 13.2 Å². The first kappa shape index (κ1) is 21.6. The number of nitrogens with zero attached hydrogens (tertiary/aromatic N) is 2. The molecule has 168 valence electrons. The highest BCUT2D eigenvalue weighted by molar-refractivity contribution is 6.00. The number of likely N-dealkylation sites (N-methyl/N-ethyl adjacent to an activating group) is 1. The fraction of sp³-hybridized carbons (Fsp3) is 0.286. The van der Waals surface area contributed by atoms with Gasteiger partial charge in [0.2, 0.25) is 5.91 Å². The van der Waals surface area contributed by atoms with Gasteiger partial charge in [0.1, 0.15) is 17.3 Å². The number of benzene rings is 1. The van der Waals surface area contributed by atoms with E-state index in [1.807, 2.05) is 0 Å². The number of hydrogen-bond acceptors (Lipinski definition) is 6. The maximum Gasteiger partial charge on any atom is 0.417 e. The minimum atomic E-state index is -4.88. The van der Waals surface area contributed by atoms with E-state index in [1.54, 1.807) is 24.1 Å². The van der Waals surface area contributed by atoms with Gasteiger partial charge in [0.05, 0.1) is 16.6 Å². The van der Waals surface area contributed by atoms with Crippen molar-refractivity contribution in [3.05, 3.63) is 59.3 Å². The summed E-state index contributed by atoms with van der Waals surface area (Å²) in [5, 5.41) is 11.3. The lowest BCUT2D eigenvalue weighted by Gasteiger charge is -2.26. The zero-order valence-corrected chi connectivity index (χ0v) is 16.9. The lowest BCUT2D eigenvalue weighted by Crippen LogP contribution is -2.35. The molecule has 2 amide bonds. The van der Waals surface area contributed by atoms with Gasteiger partial charge in [-0.25, -0.2) is 5.48 Å². The van der Waals surface area contributed by atoms with Gasteiger partial charge in [-0.1, -0.05) is 0 Å². The number of halogens is 3. The Morgan fingerprint density at radius 1 is 1.28 bits per heavy atom. The average Bonchev–Trinajstić information content (AvgIpc) is 3.59. The molecule has 1 aromatic carbocycles. The van der Waals surface area contributed by atoms with Gasteiger partial charge in [-0.15, -0.1) is 0 Å². The van der Waals surface area contributed by atoms with Crippen molar-refractivity contribution in [2.24, 2.45) is 5.92 Å². The predicted octanol–water partition coefficient (Wildman–Crippen LogP) is 2.95. The Morgan fingerprint density at radius 3 is 2.69 bits per heavy atom. The first-order chi connectivity index (χ1) is 15.2. The summed E-state index contributed by atoms with van der Waals surface area (Å²) >= 11 is 0. The van der Waals surface area contributed by atoms with Crippen molar-refractivity contribution >= 4 is 22.7 Å². The molecule has 1 saturated carbocycles. The van der Waals surface area contributed by atoms with E-state index >= 15 is 0 Å². The van der Waals surface area contributed by atoms with Crippen molar-refractivity contribution < 1.29 is 32.7 Å². The summed E-state index contributed by atoms with van der Waals surface area (Å²) in [4.78, 5) is 29.5. The molecule has 1 fully saturated rings. The zero-order chi connectivity index (χ0) is 23.0. The number of pyridine rings is 1. The Bertz CT molecular complexity index is 1160. The van der Waals surface area contributed by atoms with Crippen LogP contribution in [0.5, 0.6) is 5.75 Å². The molecule has 4 rings (SSSR count). The highest BCUT2D eigenvalue weighted by Crippen LogP contribution is 2.38. The number of carbonyl (C=O) groups excluding carboxylic acids is 2. The van der Waals surface area contributed by atoms with Crippen LogP contribution in [0.15, 0.2) is 48.1 Å². The third-order valence-corrected chi connectivity index (χ3v) is 5.16. The van der Waals surface area contributed by atoms with Crippen molar-refractivity contribution in [3.8, 4) is 5.75 Å². The predicted molar refractivity (Wildman–Crippen MR) is 106 cm³/mol. The van der Waals surface area contributed by atoms with Crippen LogP contribution in [0.3, 0.4) is 0 Å². The largest absolute Gasteiger partial charge is 0.457 e. The molecule has 32 heavy (non-hydrogen) atoms. The Kier molecular flexibility index (Phi) is 5.51. The number of hydroxylamine groups is 1. The lowest BCUT2D eigenvalue weighted by molar-refractivity contribution is -0.136. The molecule has 3 N–H and O–H groups in total. The monoisotopic (exact) mass is 448 g/mol. The number of nitrogens with one attached hydrogen (secondary N) is 2. The number of alkyl halides is 3. The van der Waals surface area contributed by atoms with Crippen LogP contribution in [0.1, 0.15) is 28.8 Å². The molecule has 0 atom stereocenters. The van der Waals surface area contributed by atoms with E-state index in [9.17, 15) is 22.8 Å². The Morgan fingerprint density at radius 2 is 2.03 bits per heavy atom. The molecule has 2 heterocycles. The molecule has 0 spiro atoms. The van der Waals surface area contributed by atoms with Crippen LogP contribution in [0.4, 0.5) is 13.2 Å². The fourth-order valence-corrected chi connectivity index (χ4v) is 3.31. The minimum absolute atomic E-state index is 0.00412. The summed E-state index contributed by atoms with van der Waals surface area (Å²) in [6.07, 6.45) is 0.890. The molecule has 0 bridgehead atoms. The summed E-state index contributed by atoms with van der Waals surface area (Å²) in [7, 11) is 1.79. The fourth-order valence-electron chi connectivity index (χ4n) is 3.31. The number of carbonyl (C=O) groups is 2. The Hall–Kier alpha value is -3.60. The molecular formula is C21H19F3N4O4. The summed E-state index contributed by atoms with van der Waals surface area (Å²) in [6.45, 7) is 0.426. The molecule has 0 saturated heterocycles. The van der Waals surface area contributed by atoms with E-state index in [0.717, 1.165) is 25.1 Å². The summed E-state index contributed by atoms with van der Waals surface area (Å²) in [5.41, 5.74) is -0.830. The number of rotatable bonds is 5. The second-order valence-electron chi connectivity index (χ2n) is 7.55. The molecule has 8 nitrogen and oxygen atoms in total. The van der Waals surface area contributed by atoms with Crippen LogP contribution in [-0.2, 0) is 11.0 Å². The van der Waals surface area contributed by atoms with E-state index in [1.165, 1.54) is 17.6 Å². The molecule has 1 aliphatic carbocycles. The number of hydrogen-bond donors (Lipinski definition) is 3. The van der Waals surface area contributed by atoms with Gasteiger partial charge in [-0.05, 0) is 37.1 Å². The molecule has 0 unspecified atom stereocenters. The standard InChI is InChI=1S/C21H19F3N4O4/c1-28-7-6-13(9-17(28)26-19(29)11-2-3-11)32-12-4-5-16-14(8-12)18(21(22,23)24)15(10-25-16)20(30)27-31/h4-6,8-11,31H,2-3,7H2,1H3,(H,26,29)(H,27,30). The maximum atomic E-state index is 13.8. The van der Waals surface area contributed by atoms with E-state index in [-0.39, 0.29) is 28.5 Å². The van der Waals surface area contributed by atoms with Gasteiger partial charge < -0.3 is 15.0 Å². The van der Waals surface area contributed by atoms with E-state index in [2.05, 4.69) is 10.3 Å². The first-order valence-corrected chi connectivity index (χ1v) is 9.73. The van der Waals surface area contributed by atoms with Crippen molar-refractivity contribution in [1.82, 2.24) is 20.7 Å². The molecule has 2 aliphatic rings. The highest BCUT2D eigenvalue weighted by Gasteiger charge is 2.38. The number of aromatic nitrogens is 1. The first-order valence-electron chi connectivity index (χ1n) is 9.73. The van der Waals surface area contributed by atoms with E-state index in [0.29, 0.717) is 18.1 Å². The van der Waals surface area contributed by atoms with E-state index < -0.39 is 23.2 Å². The smallest absolute Gasteiger partial charge is 0.417 e. The number of ether oxygens (including phenoxy) is 1. The highest BCUT2D eigenvalue weighted by atomic mass is 19.4. The number of allylic oxidation sites excluding steroid dienone is 1. The average molecular weight is 448 g/mol. The zero-order valence-electron chi connectivity index (χ0n) is 16.9. The SMILES string of the molecule is CN1CC=C(Oc2ccc3ncc(C(=O)NO)c(C(F)(F)F)c3c2)C=C1NC(=O)C1CC1. The van der Waals surface area contributed by atoms with Crippen molar-refractivity contribution in [2.75, 3.05) is 13.6 Å². The molecule has 1 aromatic heterocycles. The van der Waals surface area contributed by atoms with Gasteiger partial charge in [-0.3, -0.25) is 19.8 Å². The van der Waals surface area contributed by atoms with Crippen LogP contribution in [0, 0.1) is 5.92 Å².